The van der Waals surface area contributed by atoms with Crippen LogP contribution in [0.1, 0.15) is 78.2 Å². The maximum absolute atomic E-state index is 6.30. The van der Waals surface area contributed by atoms with E-state index in [-0.39, 0.29) is 0 Å². The summed E-state index contributed by atoms with van der Waals surface area (Å²) in [5, 5.41) is 0. The normalized spacial score (nSPS) is 41.5. The van der Waals surface area contributed by atoms with Crippen LogP contribution in [0.25, 0.3) is 5.57 Å². The van der Waals surface area contributed by atoms with Crippen molar-refractivity contribution in [2.45, 2.75) is 78.7 Å². The zero-order chi connectivity index (χ0) is 19.9. The third-order valence-electron chi connectivity index (χ3n) is 8.70. The summed E-state index contributed by atoms with van der Waals surface area (Å²) in [5.41, 5.74) is 11.7. The molecule has 4 aliphatic rings. The number of nitrogens with zero attached hydrogens (tertiary/aromatic N) is 1. The Morgan fingerprint density at radius 1 is 1.00 bits per heavy atom. The number of aromatic nitrogens is 1. The zero-order valence-corrected chi connectivity index (χ0v) is 18.2. The van der Waals surface area contributed by atoms with Crippen molar-refractivity contribution in [2.24, 2.45) is 34.3 Å². The summed E-state index contributed by atoms with van der Waals surface area (Å²) in [6.45, 7) is 9.10. The van der Waals surface area contributed by atoms with Gasteiger partial charge in [-0.1, -0.05) is 51.5 Å². The number of rotatable bonds is 1. The Hall–Kier alpha value is -1.41. The van der Waals surface area contributed by atoms with Gasteiger partial charge in [0.25, 0.3) is 0 Å². The van der Waals surface area contributed by atoms with Crippen molar-refractivity contribution in [1.82, 2.24) is 4.98 Å². The molecule has 0 amide bonds. The molecule has 0 aromatic carbocycles. The van der Waals surface area contributed by atoms with Crippen molar-refractivity contribution in [1.29, 1.82) is 0 Å². The predicted molar refractivity (Wildman–Crippen MR) is 119 cm³/mol. The smallest absolute Gasteiger partial charge is 0.0343 e. The molecular formula is C26H38N2. The largest absolute Gasteiger partial charge is 0.327 e. The minimum Gasteiger partial charge on any atom is -0.327 e. The standard InChI is InChI=1S/C24H32N2.C2H6/c1-23-11-9-18(25)14-17(23)5-6-19-21-8-7-20(16-4-3-13-26-15-16)24(21,2)12-10-22(19)23;1-2/h3-5,7,13,15,18-19,21-22H,6,8-12,14,25H2,1-2H3;1-2H3. The number of fused-ring (bicyclic) bond motifs is 5. The molecule has 0 saturated heterocycles. The first-order valence-corrected chi connectivity index (χ1v) is 11.6. The maximum Gasteiger partial charge on any atom is 0.0343 e. The Bertz CT molecular complexity index is 764. The van der Waals surface area contributed by atoms with Crippen molar-refractivity contribution in [2.75, 3.05) is 0 Å². The summed E-state index contributed by atoms with van der Waals surface area (Å²) in [7, 11) is 0. The lowest BCUT2D eigenvalue weighted by Gasteiger charge is -2.57. The van der Waals surface area contributed by atoms with E-state index in [2.05, 4.69) is 49.3 Å². The predicted octanol–water partition coefficient (Wildman–Crippen LogP) is 6.39. The number of allylic oxidation sites excluding steroid dienone is 3. The van der Waals surface area contributed by atoms with Crippen LogP contribution in [0.3, 0.4) is 0 Å². The van der Waals surface area contributed by atoms with Crippen LogP contribution >= 0.6 is 0 Å². The van der Waals surface area contributed by atoms with E-state index in [1.165, 1.54) is 44.1 Å². The summed E-state index contributed by atoms with van der Waals surface area (Å²) < 4.78 is 0. The molecule has 4 aliphatic carbocycles. The highest BCUT2D eigenvalue weighted by molar-refractivity contribution is 5.72. The van der Waals surface area contributed by atoms with E-state index < -0.39 is 0 Å². The van der Waals surface area contributed by atoms with Crippen LogP contribution in [0.2, 0.25) is 0 Å². The topological polar surface area (TPSA) is 38.9 Å². The van der Waals surface area contributed by atoms with Crippen LogP contribution in [0.5, 0.6) is 0 Å². The van der Waals surface area contributed by atoms with Gasteiger partial charge in [-0.05, 0) is 90.7 Å². The van der Waals surface area contributed by atoms with E-state index in [1.54, 1.807) is 11.1 Å². The molecule has 2 N–H and O–H groups in total. The molecule has 152 valence electrons. The fourth-order valence-corrected chi connectivity index (χ4v) is 7.23. The molecule has 6 atom stereocenters. The van der Waals surface area contributed by atoms with E-state index in [4.69, 9.17) is 5.73 Å². The first-order valence-electron chi connectivity index (χ1n) is 11.6. The number of hydrogen-bond donors (Lipinski definition) is 1. The van der Waals surface area contributed by atoms with Crippen LogP contribution in [0.15, 0.2) is 42.3 Å². The minimum atomic E-state index is 0.330. The molecule has 0 radical (unpaired) electrons. The molecule has 28 heavy (non-hydrogen) atoms. The SMILES string of the molecule is CC.CC12CCC(N)CC1=CCC1C2CCC2(C)C(c3cccnc3)=CCC12. The molecule has 5 rings (SSSR count). The molecule has 2 saturated carbocycles. The molecule has 1 heterocycles. The van der Waals surface area contributed by atoms with E-state index in [0.29, 0.717) is 16.9 Å². The average Bonchev–Trinajstić information content (AvgIpc) is 3.08. The van der Waals surface area contributed by atoms with Crippen LogP contribution in [-0.4, -0.2) is 11.0 Å². The fraction of sp³-hybridized carbons (Fsp3) is 0.654. The summed E-state index contributed by atoms with van der Waals surface area (Å²) >= 11 is 0. The number of hydrogen-bond acceptors (Lipinski definition) is 2. The molecule has 2 heteroatoms. The molecule has 0 bridgehead atoms. The Labute approximate surface area is 171 Å². The maximum atomic E-state index is 6.30. The molecule has 2 nitrogen and oxygen atoms in total. The van der Waals surface area contributed by atoms with E-state index >= 15 is 0 Å². The van der Waals surface area contributed by atoms with Crippen LogP contribution in [-0.2, 0) is 0 Å². The van der Waals surface area contributed by atoms with Gasteiger partial charge in [0.15, 0.2) is 0 Å². The molecule has 1 aromatic heterocycles. The summed E-state index contributed by atoms with van der Waals surface area (Å²) in [6.07, 6.45) is 18.0. The Kier molecular flexibility index (Phi) is 5.29. The molecule has 0 spiro atoms. The summed E-state index contributed by atoms with van der Waals surface area (Å²) in [6, 6.07) is 4.73. The van der Waals surface area contributed by atoms with Crippen molar-refractivity contribution < 1.29 is 0 Å². The molecule has 1 aromatic rings. The highest BCUT2D eigenvalue weighted by Crippen LogP contribution is 2.66. The quantitative estimate of drug-likeness (QED) is 0.575. The second-order valence-electron chi connectivity index (χ2n) is 9.81. The van der Waals surface area contributed by atoms with E-state index in [0.717, 1.165) is 24.2 Å². The monoisotopic (exact) mass is 378 g/mol. The first-order chi connectivity index (χ1) is 13.5. The second kappa shape index (κ2) is 7.44. The third-order valence-corrected chi connectivity index (χ3v) is 8.70. The summed E-state index contributed by atoms with van der Waals surface area (Å²) in [5.74, 6) is 2.48. The van der Waals surface area contributed by atoms with Gasteiger partial charge in [0.05, 0.1) is 0 Å². The Morgan fingerprint density at radius 3 is 2.54 bits per heavy atom. The molecule has 6 unspecified atom stereocenters. The lowest BCUT2D eigenvalue weighted by atomic mass is 9.47. The van der Waals surface area contributed by atoms with Crippen LogP contribution < -0.4 is 5.73 Å². The Morgan fingerprint density at radius 2 is 1.79 bits per heavy atom. The van der Waals surface area contributed by atoms with Gasteiger partial charge >= 0.3 is 0 Å². The lowest BCUT2D eigenvalue weighted by molar-refractivity contribution is -0.0113. The second-order valence-corrected chi connectivity index (χ2v) is 9.81. The average molecular weight is 379 g/mol. The third kappa shape index (κ3) is 2.91. The van der Waals surface area contributed by atoms with Crippen LogP contribution in [0.4, 0.5) is 0 Å². The zero-order valence-electron chi connectivity index (χ0n) is 18.2. The van der Waals surface area contributed by atoms with Gasteiger partial charge in [-0.3, -0.25) is 4.98 Å². The van der Waals surface area contributed by atoms with Crippen molar-refractivity contribution >= 4 is 5.57 Å². The summed E-state index contributed by atoms with van der Waals surface area (Å²) in [4.78, 5) is 4.39. The van der Waals surface area contributed by atoms with Gasteiger partial charge in [-0.15, -0.1) is 0 Å². The van der Waals surface area contributed by atoms with Gasteiger partial charge in [0.1, 0.15) is 0 Å². The van der Waals surface area contributed by atoms with E-state index in [9.17, 15) is 0 Å². The van der Waals surface area contributed by atoms with Crippen molar-refractivity contribution in [3.63, 3.8) is 0 Å². The van der Waals surface area contributed by atoms with Crippen LogP contribution in [0, 0.1) is 28.6 Å². The van der Waals surface area contributed by atoms with Gasteiger partial charge < -0.3 is 5.73 Å². The van der Waals surface area contributed by atoms with Crippen molar-refractivity contribution in [3.8, 4) is 0 Å². The highest BCUT2D eigenvalue weighted by Gasteiger charge is 2.56. The van der Waals surface area contributed by atoms with Gasteiger partial charge in [0, 0.05) is 18.4 Å². The lowest BCUT2D eigenvalue weighted by Crippen LogP contribution is -2.50. The first kappa shape index (κ1) is 19.9. The molecular weight excluding hydrogens is 340 g/mol. The highest BCUT2D eigenvalue weighted by atomic mass is 14.7. The number of nitrogens with two attached hydrogens (primary N) is 1. The fourth-order valence-electron chi connectivity index (χ4n) is 7.23. The van der Waals surface area contributed by atoms with Gasteiger partial charge in [-0.25, -0.2) is 0 Å². The van der Waals surface area contributed by atoms with Gasteiger partial charge in [0.2, 0.25) is 0 Å². The Balaban J connectivity index is 0.000000932. The minimum absolute atomic E-state index is 0.330. The number of pyridine rings is 1. The van der Waals surface area contributed by atoms with Crippen molar-refractivity contribution in [3.05, 3.63) is 47.8 Å². The molecule has 2 fully saturated rings. The van der Waals surface area contributed by atoms with E-state index in [1.807, 2.05) is 20.0 Å². The van der Waals surface area contributed by atoms with Gasteiger partial charge in [-0.2, -0.15) is 0 Å². The molecule has 0 aliphatic heterocycles.